The highest BCUT2D eigenvalue weighted by molar-refractivity contribution is 6.10. The summed E-state index contributed by atoms with van der Waals surface area (Å²) in [4.78, 5) is 45.1. The third kappa shape index (κ3) is 4.32. The van der Waals surface area contributed by atoms with Crippen LogP contribution in [0.3, 0.4) is 0 Å². The van der Waals surface area contributed by atoms with Gasteiger partial charge in [-0.15, -0.1) is 0 Å². The summed E-state index contributed by atoms with van der Waals surface area (Å²) in [5.41, 5.74) is 1.13. The molecule has 2 heterocycles. The molecule has 0 fully saturated rings. The maximum absolute atomic E-state index is 12.3. The molecule has 0 atom stereocenters. The van der Waals surface area contributed by atoms with Crippen LogP contribution in [0, 0.1) is 0 Å². The van der Waals surface area contributed by atoms with Gasteiger partial charge in [0.1, 0.15) is 6.54 Å². The first kappa shape index (κ1) is 17.3. The number of nitrogens with zero attached hydrogens (tertiary/aromatic N) is 3. The second-order valence-electron chi connectivity index (χ2n) is 5.46. The number of hydrogen-bond donors (Lipinski definition) is 2. The van der Waals surface area contributed by atoms with Crippen LogP contribution in [-0.4, -0.2) is 47.4 Å². The molecule has 9 heteroatoms. The van der Waals surface area contributed by atoms with E-state index in [1.54, 1.807) is 42.7 Å². The third-order valence-corrected chi connectivity index (χ3v) is 3.61. The van der Waals surface area contributed by atoms with Crippen molar-refractivity contribution >= 4 is 35.1 Å². The Hall–Kier alpha value is -3.49. The van der Waals surface area contributed by atoms with Crippen molar-refractivity contribution in [1.29, 1.82) is 0 Å². The Labute approximate surface area is 149 Å². The molecule has 0 unspecified atom stereocenters. The molecule has 0 saturated carbocycles. The molecule has 0 radical (unpaired) electrons. The summed E-state index contributed by atoms with van der Waals surface area (Å²) in [5, 5.41) is 5.57. The molecule has 0 bridgehead atoms. The van der Waals surface area contributed by atoms with Gasteiger partial charge in [-0.25, -0.2) is 9.97 Å². The van der Waals surface area contributed by atoms with Gasteiger partial charge >= 0.3 is 5.97 Å². The number of benzene rings is 1. The molecule has 3 rings (SSSR count). The van der Waals surface area contributed by atoms with Gasteiger partial charge in [0.15, 0.2) is 6.61 Å². The van der Waals surface area contributed by atoms with Crippen LogP contribution in [0.1, 0.15) is 6.42 Å². The second-order valence-corrected chi connectivity index (χ2v) is 5.46. The summed E-state index contributed by atoms with van der Waals surface area (Å²) >= 11 is 0. The van der Waals surface area contributed by atoms with Crippen molar-refractivity contribution in [2.45, 2.75) is 6.42 Å². The number of amides is 2. The van der Waals surface area contributed by atoms with Crippen LogP contribution in [-0.2, 0) is 19.1 Å². The number of carbonyl (C=O) groups is 3. The Morgan fingerprint density at radius 2 is 1.96 bits per heavy atom. The normalized spacial score (nSPS) is 12.8. The van der Waals surface area contributed by atoms with Crippen molar-refractivity contribution in [1.82, 2.24) is 9.97 Å². The predicted molar refractivity (Wildman–Crippen MR) is 93.5 cm³/mol. The first-order chi connectivity index (χ1) is 12.6. The van der Waals surface area contributed by atoms with E-state index in [9.17, 15) is 14.4 Å². The number of hydrogen-bond acceptors (Lipinski definition) is 7. The van der Waals surface area contributed by atoms with Gasteiger partial charge in [-0.05, 0) is 18.2 Å². The van der Waals surface area contributed by atoms with E-state index in [1.165, 1.54) is 4.90 Å². The Bertz CT molecular complexity index is 812. The van der Waals surface area contributed by atoms with E-state index < -0.39 is 18.5 Å². The number of carbonyl (C=O) groups excluding carboxylic acids is 3. The largest absolute Gasteiger partial charge is 0.455 e. The lowest BCUT2D eigenvalue weighted by molar-refractivity contribution is -0.147. The van der Waals surface area contributed by atoms with E-state index in [1.807, 2.05) is 0 Å². The zero-order valence-corrected chi connectivity index (χ0v) is 13.8. The van der Waals surface area contributed by atoms with Gasteiger partial charge in [-0.3, -0.25) is 19.3 Å². The summed E-state index contributed by atoms with van der Waals surface area (Å²) in [5.74, 6) is -0.876. The third-order valence-electron chi connectivity index (χ3n) is 3.61. The minimum absolute atomic E-state index is 0.0581. The predicted octanol–water partition coefficient (Wildman–Crippen LogP) is 0.807. The van der Waals surface area contributed by atoms with Crippen LogP contribution in [0.15, 0.2) is 42.7 Å². The first-order valence-corrected chi connectivity index (χ1v) is 7.99. The summed E-state index contributed by atoms with van der Waals surface area (Å²) in [7, 11) is 0. The standard InChI is InChI=1S/C17H17N5O4/c23-14-10-22(13-5-2-1-4-12(13)21-14)15(24)11-26-16(25)6-9-20-17-18-7-3-8-19-17/h1-5,7-8H,6,9-11H2,(H,21,23)(H,18,19,20). The van der Waals surface area contributed by atoms with Gasteiger partial charge in [-0.2, -0.15) is 0 Å². The first-order valence-electron chi connectivity index (χ1n) is 7.99. The molecule has 0 spiro atoms. The van der Waals surface area contributed by atoms with Crippen molar-refractivity contribution in [3.8, 4) is 0 Å². The number of anilines is 3. The monoisotopic (exact) mass is 355 g/mol. The fourth-order valence-electron chi connectivity index (χ4n) is 2.41. The van der Waals surface area contributed by atoms with E-state index >= 15 is 0 Å². The maximum Gasteiger partial charge on any atom is 0.308 e. The van der Waals surface area contributed by atoms with Crippen LogP contribution in [0.4, 0.5) is 17.3 Å². The van der Waals surface area contributed by atoms with Gasteiger partial charge in [0, 0.05) is 18.9 Å². The van der Waals surface area contributed by atoms with Crippen molar-refractivity contribution in [3.05, 3.63) is 42.7 Å². The summed E-state index contributed by atoms with van der Waals surface area (Å²) < 4.78 is 5.00. The molecular weight excluding hydrogens is 338 g/mol. The molecule has 1 aliphatic rings. The number of rotatable bonds is 6. The Morgan fingerprint density at radius 3 is 2.77 bits per heavy atom. The van der Waals surface area contributed by atoms with Gasteiger partial charge in [0.2, 0.25) is 11.9 Å². The average Bonchev–Trinajstić information content (AvgIpc) is 2.66. The summed E-state index contributed by atoms with van der Waals surface area (Å²) in [6, 6.07) is 8.63. The van der Waals surface area contributed by atoms with Crippen molar-refractivity contribution in [3.63, 3.8) is 0 Å². The van der Waals surface area contributed by atoms with E-state index in [4.69, 9.17) is 4.74 Å². The lowest BCUT2D eigenvalue weighted by Crippen LogP contribution is -2.44. The van der Waals surface area contributed by atoms with Crippen LogP contribution in [0.25, 0.3) is 0 Å². The van der Waals surface area contributed by atoms with E-state index in [0.717, 1.165) is 0 Å². The van der Waals surface area contributed by atoms with E-state index in [-0.39, 0.29) is 25.4 Å². The highest BCUT2D eigenvalue weighted by atomic mass is 16.5. The molecule has 0 aliphatic carbocycles. The van der Waals surface area contributed by atoms with Gasteiger partial charge < -0.3 is 15.4 Å². The highest BCUT2D eigenvalue weighted by Crippen LogP contribution is 2.28. The quantitative estimate of drug-likeness (QED) is 0.737. The van der Waals surface area contributed by atoms with Crippen LogP contribution in [0.2, 0.25) is 0 Å². The molecule has 1 aromatic carbocycles. The van der Waals surface area contributed by atoms with Gasteiger partial charge in [-0.1, -0.05) is 12.1 Å². The molecule has 2 aromatic rings. The van der Waals surface area contributed by atoms with Gasteiger partial charge in [0.25, 0.3) is 5.91 Å². The lowest BCUT2D eigenvalue weighted by Gasteiger charge is -2.28. The molecule has 2 amide bonds. The van der Waals surface area contributed by atoms with Crippen molar-refractivity contribution in [2.75, 3.05) is 35.2 Å². The fraction of sp³-hybridized carbons (Fsp3) is 0.235. The fourth-order valence-corrected chi connectivity index (χ4v) is 2.41. The Morgan fingerprint density at radius 1 is 1.19 bits per heavy atom. The van der Waals surface area contributed by atoms with Gasteiger partial charge in [0.05, 0.1) is 17.8 Å². The van der Waals surface area contributed by atoms with E-state index in [0.29, 0.717) is 17.3 Å². The number of nitrogens with one attached hydrogen (secondary N) is 2. The Balaban J connectivity index is 1.48. The minimum Gasteiger partial charge on any atom is -0.455 e. The minimum atomic E-state index is -0.531. The molecular formula is C17H17N5O4. The van der Waals surface area contributed by atoms with Crippen LogP contribution >= 0.6 is 0 Å². The number of aromatic nitrogens is 2. The molecule has 0 saturated heterocycles. The molecule has 9 nitrogen and oxygen atoms in total. The van der Waals surface area contributed by atoms with Crippen LogP contribution < -0.4 is 15.5 Å². The van der Waals surface area contributed by atoms with Crippen LogP contribution in [0.5, 0.6) is 0 Å². The molecule has 26 heavy (non-hydrogen) atoms. The SMILES string of the molecule is O=C1CN(C(=O)COC(=O)CCNc2ncccn2)c2ccccc2N1. The molecule has 1 aromatic heterocycles. The smallest absolute Gasteiger partial charge is 0.308 e. The summed E-state index contributed by atoms with van der Waals surface area (Å²) in [6.45, 7) is -0.255. The molecule has 2 N–H and O–H groups in total. The molecule has 1 aliphatic heterocycles. The van der Waals surface area contributed by atoms with Crippen molar-refractivity contribution in [2.24, 2.45) is 0 Å². The second kappa shape index (κ2) is 8.06. The number of esters is 1. The maximum atomic E-state index is 12.3. The average molecular weight is 355 g/mol. The highest BCUT2D eigenvalue weighted by Gasteiger charge is 2.27. The number of ether oxygens (including phenoxy) is 1. The topological polar surface area (TPSA) is 114 Å². The van der Waals surface area contributed by atoms with E-state index in [2.05, 4.69) is 20.6 Å². The Kier molecular flexibility index (Phi) is 5.37. The number of para-hydroxylation sites is 2. The number of fused-ring (bicyclic) bond motifs is 1. The lowest BCUT2D eigenvalue weighted by atomic mass is 10.2. The zero-order chi connectivity index (χ0) is 18.4. The zero-order valence-electron chi connectivity index (χ0n) is 13.8. The van der Waals surface area contributed by atoms with Crippen molar-refractivity contribution < 1.29 is 19.1 Å². The molecule has 134 valence electrons. The summed E-state index contributed by atoms with van der Waals surface area (Å²) in [6.07, 6.45) is 3.22.